The second-order valence-electron chi connectivity index (χ2n) is 5.71. The molecule has 1 aromatic heterocycles. The Kier molecular flexibility index (Phi) is 4.58. The monoisotopic (exact) mass is 267 g/mol. The van der Waals surface area contributed by atoms with Crippen LogP contribution in [0.25, 0.3) is 0 Å². The fourth-order valence-corrected chi connectivity index (χ4v) is 2.67. The predicted octanol–water partition coefficient (Wildman–Crippen LogP) is 2.92. The number of nitrogens with zero attached hydrogens (tertiary/aromatic N) is 2. The van der Waals surface area contributed by atoms with Crippen molar-refractivity contribution in [2.45, 2.75) is 64.5 Å². The molecular weight excluding hydrogens is 242 g/mol. The van der Waals surface area contributed by atoms with Gasteiger partial charge in [-0.05, 0) is 25.7 Å². The largest absolute Gasteiger partial charge is 0.367 e. The zero-order valence-electron chi connectivity index (χ0n) is 12.2. The first kappa shape index (κ1) is 14.5. The first-order chi connectivity index (χ1) is 9.09. The number of nitrogens with two attached hydrogens (primary N) is 1. The van der Waals surface area contributed by atoms with Gasteiger partial charge in [-0.2, -0.15) is 4.98 Å². The van der Waals surface area contributed by atoms with Crippen LogP contribution in [0.2, 0.25) is 0 Å². The molecule has 1 saturated carbocycles. The Morgan fingerprint density at radius 3 is 2.58 bits per heavy atom. The molecule has 0 spiro atoms. The molecule has 5 heteroatoms. The van der Waals surface area contributed by atoms with Crippen LogP contribution in [0.15, 0.2) is 4.52 Å². The molecule has 0 aromatic carbocycles. The molecule has 19 heavy (non-hydrogen) atoms. The topological polar surface area (TPSA) is 74.2 Å². The van der Waals surface area contributed by atoms with Gasteiger partial charge in [0.15, 0.2) is 0 Å². The van der Waals surface area contributed by atoms with Crippen molar-refractivity contribution in [2.24, 2.45) is 11.7 Å². The molecule has 1 aliphatic carbocycles. The summed E-state index contributed by atoms with van der Waals surface area (Å²) < 4.78 is 11.3. The van der Waals surface area contributed by atoms with Crippen LogP contribution in [0, 0.1) is 5.92 Å². The van der Waals surface area contributed by atoms with Gasteiger partial charge in [0.25, 0.3) is 0 Å². The summed E-state index contributed by atoms with van der Waals surface area (Å²) in [6, 6.07) is -0.205. The Balaban J connectivity index is 2.23. The molecule has 1 atom stereocenters. The Labute approximate surface area is 114 Å². The van der Waals surface area contributed by atoms with Crippen molar-refractivity contribution in [3.05, 3.63) is 11.7 Å². The van der Waals surface area contributed by atoms with Crippen LogP contribution >= 0.6 is 0 Å². The zero-order valence-corrected chi connectivity index (χ0v) is 12.2. The Hall–Kier alpha value is -0.940. The standard InChI is InChI=1S/C14H25N3O2/c1-4-18-14(8-6-5-7-9-14)13-16-12(19-17-13)11(15)10(2)3/h10-11H,4-9,15H2,1-3H3. The fraction of sp³-hybridized carbons (Fsp3) is 0.857. The first-order valence-corrected chi connectivity index (χ1v) is 7.32. The van der Waals surface area contributed by atoms with Crippen molar-refractivity contribution in [2.75, 3.05) is 6.61 Å². The molecule has 1 fully saturated rings. The normalized spacial score (nSPS) is 20.7. The van der Waals surface area contributed by atoms with Crippen molar-refractivity contribution in [1.29, 1.82) is 0 Å². The average molecular weight is 267 g/mol. The summed E-state index contributed by atoms with van der Waals surface area (Å²) in [6.45, 7) is 6.78. The quantitative estimate of drug-likeness (QED) is 0.887. The van der Waals surface area contributed by atoms with Crippen molar-refractivity contribution in [3.8, 4) is 0 Å². The second kappa shape index (κ2) is 6.01. The maximum Gasteiger partial charge on any atom is 0.243 e. The molecule has 0 radical (unpaired) electrons. The molecule has 5 nitrogen and oxygen atoms in total. The van der Waals surface area contributed by atoms with Crippen LogP contribution in [-0.4, -0.2) is 16.7 Å². The SMILES string of the molecule is CCOC1(c2noc(C(N)C(C)C)n2)CCCCC1. The highest BCUT2D eigenvalue weighted by molar-refractivity contribution is 5.05. The Morgan fingerprint density at radius 2 is 2.00 bits per heavy atom. The molecule has 1 aliphatic rings. The molecule has 0 bridgehead atoms. The van der Waals surface area contributed by atoms with Gasteiger partial charge in [0.1, 0.15) is 5.60 Å². The number of rotatable bonds is 5. The lowest BCUT2D eigenvalue weighted by atomic mass is 9.84. The molecule has 0 aliphatic heterocycles. The molecule has 2 N–H and O–H groups in total. The lowest BCUT2D eigenvalue weighted by molar-refractivity contribution is -0.0777. The number of hydrogen-bond donors (Lipinski definition) is 1. The second-order valence-corrected chi connectivity index (χ2v) is 5.71. The van der Waals surface area contributed by atoms with Gasteiger partial charge in [-0.15, -0.1) is 0 Å². The minimum atomic E-state index is -0.356. The van der Waals surface area contributed by atoms with Crippen molar-refractivity contribution >= 4 is 0 Å². The molecule has 0 amide bonds. The van der Waals surface area contributed by atoms with E-state index in [9.17, 15) is 0 Å². The molecular formula is C14H25N3O2. The summed E-state index contributed by atoms with van der Waals surface area (Å²) in [4.78, 5) is 4.52. The van der Waals surface area contributed by atoms with Gasteiger partial charge in [0, 0.05) is 6.61 Å². The summed E-state index contributed by atoms with van der Waals surface area (Å²) in [5, 5.41) is 4.14. The van der Waals surface area contributed by atoms with E-state index in [1.54, 1.807) is 0 Å². The van der Waals surface area contributed by atoms with Crippen LogP contribution < -0.4 is 5.73 Å². The van der Waals surface area contributed by atoms with Gasteiger partial charge in [0.05, 0.1) is 6.04 Å². The van der Waals surface area contributed by atoms with E-state index in [1.807, 2.05) is 20.8 Å². The lowest BCUT2D eigenvalue weighted by Gasteiger charge is -2.33. The third-order valence-electron chi connectivity index (χ3n) is 3.93. The summed E-state index contributed by atoms with van der Waals surface area (Å²) in [5.41, 5.74) is 5.70. The van der Waals surface area contributed by atoms with E-state index in [1.165, 1.54) is 6.42 Å². The van der Waals surface area contributed by atoms with Gasteiger partial charge in [-0.1, -0.05) is 38.3 Å². The fourth-order valence-electron chi connectivity index (χ4n) is 2.67. The number of ether oxygens (including phenoxy) is 1. The van der Waals surface area contributed by atoms with Crippen molar-refractivity contribution in [1.82, 2.24) is 10.1 Å². The highest BCUT2D eigenvalue weighted by Gasteiger charge is 2.39. The molecule has 1 unspecified atom stereocenters. The maximum absolute atomic E-state index is 6.06. The molecule has 2 rings (SSSR count). The summed E-state index contributed by atoms with van der Waals surface area (Å²) in [6.07, 6.45) is 5.50. The van der Waals surface area contributed by atoms with E-state index in [0.29, 0.717) is 18.3 Å². The van der Waals surface area contributed by atoms with Crippen molar-refractivity contribution < 1.29 is 9.26 Å². The van der Waals surface area contributed by atoms with E-state index in [-0.39, 0.29) is 17.6 Å². The highest BCUT2D eigenvalue weighted by atomic mass is 16.5. The van der Waals surface area contributed by atoms with Gasteiger partial charge >= 0.3 is 0 Å². The van der Waals surface area contributed by atoms with Crippen LogP contribution in [0.4, 0.5) is 0 Å². The van der Waals surface area contributed by atoms with Crippen LogP contribution in [0.5, 0.6) is 0 Å². The maximum atomic E-state index is 6.06. The van der Waals surface area contributed by atoms with Crippen LogP contribution in [0.3, 0.4) is 0 Å². The number of aromatic nitrogens is 2. The summed E-state index contributed by atoms with van der Waals surface area (Å²) in [5.74, 6) is 1.48. The smallest absolute Gasteiger partial charge is 0.243 e. The zero-order chi connectivity index (χ0) is 13.9. The van der Waals surface area contributed by atoms with E-state index in [0.717, 1.165) is 25.7 Å². The minimum Gasteiger partial charge on any atom is -0.367 e. The number of hydrogen-bond acceptors (Lipinski definition) is 5. The predicted molar refractivity (Wildman–Crippen MR) is 72.5 cm³/mol. The van der Waals surface area contributed by atoms with Gasteiger partial charge in [-0.25, -0.2) is 0 Å². The Morgan fingerprint density at radius 1 is 1.32 bits per heavy atom. The minimum absolute atomic E-state index is 0.205. The van der Waals surface area contributed by atoms with E-state index >= 15 is 0 Å². The van der Waals surface area contributed by atoms with Crippen molar-refractivity contribution in [3.63, 3.8) is 0 Å². The van der Waals surface area contributed by atoms with E-state index in [4.69, 9.17) is 15.0 Å². The van der Waals surface area contributed by atoms with Gasteiger partial charge < -0.3 is 15.0 Å². The third-order valence-corrected chi connectivity index (χ3v) is 3.93. The summed E-state index contributed by atoms with van der Waals surface area (Å²) in [7, 11) is 0. The average Bonchev–Trinajstić information content (AvgIpc) is 2.89. The van der Waals surface area contributed by atoms with Gasteiger partial charge in [0.2, 0.25) is 11.7 Å². The molecule has 1 aromatic rings. The summed E-state index contributed by atoms with van der Waals surface area (Å²) >= 11 is 0. The highest BCUT2D eigenvalue weighted by Crippen LogP contribution is 2.39. The Bertz CT molecular complexity index is 392. The van der Waals surface area contributed by atoms with Crippen LogP contribution in [0.1, 0.15) is 70.6 Å². The van der Waals surface area contributed by atoms with Gasteiger partial charge in [-0.3, -0.25) is 0 Å². The van der Waals surface area contributed by atoms with Crippen LogP contribution in [-0.2, 0) is 10.3 Å². The molecule has 0 saturated heterocycles. The molecule has 108 valence electrons. The van der Waals surface area contributed by atoms with E-state index < -0.39 is 0 Å². The molecule has 1 heterocycles. The first-order valence-electron chi connectivity index (χ1n) is 7.32. The third kappa shape index (κ3) is 2.98. The van der Waals surface area contributed by atoms with E-state index in [2.05, 4.69) is 10.1 Å². The lowest BCUT2D eigenvalue weighted by Crippen LogP contribution is -2.33.